The number of hydrogen-bond donors (Lipinski definition) is 1. The quantitative estimate of drug-likeness (QED) is 0.645. The summed E-state index contributed by atoms with van der Waals surface area (Å²) in [5.74, 6) is -0.0322. The summed E-state index contributed by atoms with van der Waals surface area (Å²) < 4.78 is 1.54. The Morgan fingerprint density at radius 1 is 1.27 bits per heavy atom. The molecule has 0 saturated heterocycles. The maximum atomic E-state index is 13.0. The summed E-state index contributed by atoms with van der Waals surface area (Å²) in [5, 5.41) is 3.53. The van der Waals surface area contributed by atoms with Crippen molar-refractivity contribution in [2.75, 3.05) is 6.54 Å². The van der Waals surface area contributed by atoms with Crippen LogP contribution >= 0.6 is 11.3 Å². The monoisotopic (exact) mass is 369 g/mol. The second-order valence-corrected chi connectivity index (χ2v) is 7.48. The van der Waals surface area contributed by atoms with Crippen LogP contribution in [0.15, 0.2) is 41.5 Å². The van der Waals surface area contributed by atoms with Crippen molar-refractivity contribution >= 4 is 27.5 Å². The lowest BCUT2D eigenvalue weighted by molar-refractivity contribution is -0.121. The molecular weight excluding hydrogens is 346 g/mol. The van der Waals surface area contributed by atoms with Crippen LogP contribution in [0.2, 0.25) is 0 Å². The molecule has 0 aliphatic rings. The molecule has 0 saturated carbocycles. The first-order valence-electron chi connectivity index (χ1n) is 8.92. The van der Waals surface area contributed by atoms with E-state index < -0.39 is 0 Å². The molecule has 0 aliphatic heterocycles. The second kappa shape index (κ2) is 8.27. The molecule has 1 aromatic carbocycles. The van der Waals surface area contributed by atoms with Crippen molar-refractivity contribution in [1.82, 2.24) is 14.9 Å². The molecule has 3 rings (SSSR count). The van der Waals surface area contributed by atoms with Gasteiger partial charge < -0.3 is 5.32 Å². The van der Waals surface area contributed by atoms with Crippen molar-refractivity contribution in [3.05, 3.63) is 51.9 Å². The van der Waals surface area contributed by atoms with Crippen LogP contribution in [-0.2, 0) is 11.3 Å². The van der Waals surface area contributed by atoms with E-state index in [9.17, 15) is 9.59 Å². The maximum absolute atomic E-state index is 13.0. The van der Waals surface area contributed by atoms with Crippen LogP contribution in [0.1, 0.15) is 31.1 Å². The van der Waals surface area contributed by atoms with Crippen molar-refractivity contribution in [1.29, 1.82) is 0 Å². The summed E-state index contributed by atoms with van der Waals surface area (Å²) in [4.78, 5) is 31.2. The van der Waals surface area contributed by atoms with Crippen LogP contribution in [0.3, 0.4) is 0 Å². The predicted molar refractivity (Wildman–Crippen MR) is 107 cm³/mol. The first-order valence-corrected chi connectivity index (χ1v) is 9.74. The standard InChI is InChI=1S/C20H23N3O2S/c1-3-4-11-21-16(24)10-12-23-13-22-19-18(20(23)25)17(14(2)26-19)15-8-6-5-7-9-15/h5-9,13H,3-4,10-12H2,1-2H3,(H,21,24). The van der Waals surface area contributed by atoms with Gasteiger partial charge in [0.25, 0.3) is 5.56 Å². The topological polar surface area (TPSA) is 64.0 Å². The molecule has 0 unspecified atom stereocenters. The number of benzene rings is 1. The van der Waals surface area contributed by atoms with Gasteiger partial charge in [-0.3, -0.25) is 14.2 Å². The molecule has 0 spiro atoms. The Kier molecular flexibility index (Phi) is 5.83. The zero-order chi connectivity index (χ0) is 18.5. The van der Waals surface area contributed by atoms with Crippen molar-refractivity contribution in [3.8, 4) is 11.1 Å². The van der Waals surface area contributed by atoms with E-state index in [1.807, 2.05) is 37.3 Å². The number of rotatable bonds is 7. The number of carbonyl (C=O) groups is 1. The van der Waals surface area contributed by atoms with Crippen LogP contribution in [0.4, 0.5) is 0 Å². The Morgan fingerprint density at radius 3 is 2.77 bits per heavy atom. The van der Waals surface area contributed by atoms with Crippen molar-refractivity contribution in [3.63, 3.8) is 0 Å². The van der Waals surface area contributed by atoms with Crippen LogP contribution < -0.4 is 10.9 Å². The van der Waals surface area contributed by atoms with E-state index in [4.69, 9.17) is 0 Å². The van der Waals surface area contributed by atoms with Gasteiger partial charge in [0.1, 0.15) is 4.83 Å². The first kappa shape index (κ1) is 18.3. The van der Waals surface area contributed by atoms with Gasteiger partial charge in [-0.1, -0.05) is 43.7 Å². The molecule has 2 aromatic heterocycles. The number of carbonyl (C=O) groups excluding carboxylic acids is 1. The van der Waals surface area contributed by atoms with Crippen molar-refractivity contribution in [2.24, 2.45) is 0 Å². The summed E-state index contributed by atoms with van der Waals surface area (Å²) in [6.07, 6.45) is 3.84. The van der Waals surface area contributed by atoms with Crippen LogP contribution in [0, 0.1) is 6.92 Å². The number of nitrogens with one attached hydrogen (secondary N) is 1. The van der Waals surface area contributed by atoms with Crippen LogP contribution in [-0.4, -0.2) is 22.0 Å². The molecule has 136 valence electrons. The van der Waals surface area contributed by atoms with Crippen LogP contribution in [0.5, 0.6) is 0 Å². The number of fused-ring (bicyclic) bond motifs is 1. The molecule has 5 nitrogen and oxygen atoms in total. The smallest absolute Gasteiger partial charge is 0.262 e. The summed E-state index contributed by atoms with van der Waals surface area (Å²) in [6.45, 7) is 5.12. The highest BCUT2D eigenvalue weighted by Crippen LogP contribution is 2.35. The van der Waals surface area contributed by atoms with E-state index in [2.05, 4.69) is 17.2 Å². The normalized spacial score (nSPS) is 11.0. The third-order valence-corrected chi connectivity index (χ3v) is 5.36. The van der Waals surface area contributed by atoms with E-state index in [-0.39, 0.29) is 17.9 Å². The summed E-state index contributed by atoms with van der Waals surface area (Å²) >= 11 is 1.53. The molecule has 1 amide bonds. The molecule has 1 N–H and O–H groups in total. The average molecular weight is 369 g/mol. The van der Waals surface area contributed by atoms with Gasteiger partial charge in [0.05, 0.1) is 11.7 Å². The van der Waals surface area contributed by atoms with E-state index in [0.717, 1.165) is 33.7 Å². The van der Waals surface area contributed by atoms with Crippen molar-refractivity contribution < 1.29 is 4.79 Å². The first-order chi connectivity index (χ1) is 12.6. The zero-order valence-corrected chi connectivity index (χ0v) is 15.9. The molecule has 0 atom stereocenters. The Labute approximate surface area is 156 Å². The number of aryl methyl sites for hydroxylation is 2. The molecule has 0 radical (unpaired) electrons. The maximum Gasteiger partial charge on any atom is 0.262 e. The SMILES string of the molecule is CCCCNC(=O)CCn1cnc2sc(C)c(-c3ccccc3)c2c1=O. The molecule has 0 bridgehead atoms. The van der Waals surface area contributed by atoms with Gasteiger partial charge in [0.15, 0.2) is 0 Å². The fourth-order valence-electron chi connectivity index (χ4n) is 2.96. The van der Waals surface area contributed by atoms with E-state index in [1.54, 1.807) is 10.9 Å². The molecule has 3 aromatic rings. The minimum absolute atomic E-state index is 0.0322. The Balaban J connectivity index is 1.89. The van der Waals surface area contributed by atoms with Crippen LogP contribution in [0.25, 0.3) is 21.3 Å². The van der Waals surface area contributed by atoms with Gasteiger partial charge in [-0.25, -0.2) is 4.98 Å². The highest BCUT2D eigenvalue weighted by atomic mass is 32.1. The minimum Gasteiger partial charge on any atom is -0.356 e. The number of thiophene rings is 1. The predicted octanol–water partition coefficient (Wildman–Crippen LogP) is 3.74. The van der Waals surface area contributed by atoms with E-state index >= 15 is 0 Å². The number of nitrogens with zero attached hydrogens (tertiary/aromatic N) is 2. The fourth-order valence-corrected chi connectivity index (χ4v) is 3.97. The lowest BCUT2D eigenvalue weighted by Gasteiger charge is -2.07. The largest absolute Gasteiger partial charge is 0.356 e. The highest BCUT2D eigenvalue weighted by Gasteiger charge is 2.17. The van der Waals surface area contributed by atoms with Gasteiger partial charge in [0.2, 0.25) is 5.91 Å². The zero-order valence-electron chi connectivity index (χ0n) is 15.1. The van der Waals surface area contributed by atoms with Crippen molar-refractivity contribution in [2.45, 2.75) is 39.7 Å². The Bertz CT molecular complexity index is 960. The number of aromatic nitrogens is 2. The highest BCUT2D eigenvalue weighted by molar-refractivity contribution is 7.19. The Morgan fingerprint density at radius 2 is 2.04 bits per heavy atom. The van der Waals surface area contributed by atoms with Gasteiger partial charge in [0, 0.05) is 30.0 Å². The van der Waals surface area contributed by atoms with E-state index in [0.29, 0.717) is 18.5 Å². The van der Waals surface area contributed by atoms with Gasteiger partial charge >= 0.3 is 0 Å². The second-order valence-electron chi connectivity index (χ2n) is 6.28. The molecule has 2 heterocycles. The molecule has 0 fully saturated rings. The lowest BCUT2D eigenvalue weighted by atomic mass is 10.0. The average Bonchev–Trinajstić information content (AvgIpc) is 2.99. The third-order valence-electron chi connectivity index (χ3n) is 4.35. The Hall–Kier alpha value is -2.47. The minimum atomic E-state index is -0.0837. The molecular formula is C20H23N3O2S. The number of hydrogen-bond acceptors (Lipinski definition) is 4. The summed E-state index contributed by atoms with van der Waals surface area (Å²) in [5.41, 5.74) is 1.88. The van der Waals surface area contributed by atoms with Gasteiger partial charge in [-0.05, 0) is 18.9 Å². The van der Waals surface area contributed by atoms with Gasteiger partial charge in [-0.2, -0.15) is 0 Å². The number of unbranched alkanes of at least 4 members (excludes halogenated alkanes) is 1. The molecule has 0 aliphatic carbocycles. The lowest BCUT2D eigenvalue weighted by Crippen LogP contribution is -2.28. The third kappa shape index (κ3) is 3.85. The summed E-state index contributed by atoms with van der Waals surface area (Å²) in [7, 11) is 0. The molecule has 26 heavy (non-hydrogen) atoms. The fraction of sp³-hybridized carbons (Fsp3) is 0.350. The van der Waals surface area contributed by atoms with E-state index in [1.165, 1.54) is 11.3 Å². The summed E-state index contributed by atoms with van der Waals surface area (Å²) in [6, 6.07) is 9.90. The number of amides is 1. The van der Waals surface area contributed by atoms with Gasteiger partial charge in [-0.15, -0.1) is 11.3 Å². The molecule has 6 heteroatoms.